The van der Waals surface area contributed by atoms with Gasteiger partial charge in [-0.15, -0.1) is 11.8 Å². The summed E-state index contributed by atoms with van der Waals surface area (Å²) < 4.78 is -0.484. The first-order valence-corrected chi connectivity index (χ1v) is 13.1. The summed E-state index contributed by atoms with van der Waals surface area (Å²) in [6.45, 7) is 5.59. The van der Waals surface area contributed by atoms with E-state index in [1.54, 1.807) is 34.1 Å². The third-order valence-electron chi connectivity index (χ3n) is 7.23. The zero-order chi connectivity index (χ0) is 25.6. The number of amides is 4. The van der Waals surface area contributed by atoms with E-state index in [1.807, 2.05) is 32.0 Å². The molecule has 1 aromatic carbocycles. The summed E-state index contributed by atoms with van der Waals surface area (Å²) >= 11 is 1.54. The summed E-state index contributed by atoms with van der Waals surface area (Å²) in [6.07, 6.45) is 4.60. The van der Waals surface area contributed by atoms with Crippen LogP contribution in [-0.4, -0.2) is 67.2 Å². The van der Waals surface area contributed by atoms with Crippen LogP contribution in [0.15, 0.2) is 30.7 Å². The Morgan fingerprint density at radius 2 is 2.00 bits per heavy atom. The van der Waals surface area contributed by atoms with Crippen LogP contribution in [0, 0.1) is 0 Å². The zero-order valence-electron chi connectivity index (χ0n) is 20.5. The highest BCUT2D eigenvalue weighted by atomic mass is 32.2. The molecule has 1 saturated heterocycles. The minimum atomic E-state index is -0.797. The molecule has 3 N–H and O–H groups in total. The second-order valence-corrected chi connectivity index (χ2v) is 11.6. The Labute approximate surface area is 213 Å². The standard InChI is InChI=1S/C25H30N6O4S/c1-14(32)30-13-36-25(2,3)21(30)23(34)29-18-8-7-15-5-4-6-16-9-19(31(20(15)16)24(18)35)22(33)27-11-17-10-26-12-28-17/h4-6,10,12,18-19,21H,7-9,11,13H2,1-3H3,(H,26,28)(H,27,33)(H,29,34)/t18-,19-,21+/m0/s1. The number of carbonyl (C=O) groups is 4. The maximum atomic E-state index is 13.9. The van der Waals surface area contributed by atoms with Gasteiger partial charge >= 0.3 is 0 Å². The van der Waals surface area contributed by atoms with Gasteiger partial charge in [-0.2, -0.15) is 0 Å². The molecule has 3 aliphatic rings. The minimum absolute atomic E-state index is 0.175. The monoisotopic (exact) mass is 510 g/mol. The number of anilines is 1. The summed E-state index contributed by atoms with van der Waals surface area (Å²) in [4.78, 5) is 62.8. The number of carbonyl (C=O) groups excluding carboxylic acids is 4. The van der Waals surface area contributed by atoms with E-state index in [0.717, 1.165) is 22.5 Å². The van der Waals surface area contributed by atoms with E-state index < -0.39 is 22.9 Å². The van der Waals surface area contributed by atoms with Crippen LogP contribution < -0.4 is 15.5 Å². The maximum absolute atomic E-state index is 13.9. The number of benzene rings is 1. The van der Waals surface area contributed by atoms with Crippen molar-refractivity contribution >= 4 is 41.1 Å². The first kappa shape index (κ1) is 24.4. The highest BCUT2D eigenvalue weighted by molar-refractivity contribution is 8.00. The Morgan fingerprint density at radius 3 is 2.72 bits per heavy atom. The van der Waals surface area contributed by atoms with Crippen LogP contribution in [0.3, 0.4) is 0 Å². The van der Waals surface area contributed by atoms with E-state index >= 15 is 0 Å². The van der Waals surface area contributed by atoms with Gasteiger partial charge in [0.15, 0.2) is 0 Å². The third kappa shape index (κ3) is 4.25. The van der Waals surface area contributed by atoms with Crippen molar-refractivity contribution in [3.05, 3.63) is 47.5 Å². The molecule has 3 aliphatic heterocycles. The normalized spacial score (nSPS) is 24.3. The van der Waals surface area contributed by atoms with E-state index in [4.69, 9.17) is 0 Å². The second kappa shape index (κ2) is 9.27. The van der Waals surface area contributed by atoms with E-state index in [-0.39, 0.29) is 30.2 Å². The van der Waals surface area contributed by atoms with Crippen LogP contribution in [-0.2, 0) is 38.6 Å². The fourth-order valence-corrected chi connectivity index (χ4v) is 6.60. The molecule has 2 aromatic rings. The largest absolute Gasteiger partial charge is 0.349 e. The predicted molar refractivity (Wildman–Crippen MR) is 135 cm³/mol. The molecule has 0 spiro atoms. The van der Waals surface area contributed by atoms with Crippen LogP contribution >= 0.6 is 11.8 Å². The Kier molecular flexibility index (Phi) is 6.27. The first-order chi connectivity index (χ1) is 17.2. The number of hydrogen-bond donors (Lipinski definition) is 3. The van der Waals surface area contributed by atoms with Gasteiger partial charge in [-0.05, 0) is 37.8 Å². The predicted octanol–water partition coefficient (Wildman–Crippen LogP) is 1.11. The van der Waals surface area contributed by atoms with Crippen molar-refractivity contribution < 1.29 is 19.2 Å². The van der Waals surface area contributed by atoms with Crippen molar-refractivity contribution in [2.45, 2.75) is 69.5 Å². The average molecular weight is 511 g/mol. The van der Waals surface area contributed by atoms with Gasteiger partial charge in [0.25, 0.3) is 0 Å². The van der Waals surface area contributed by atoms with Crippen LogP contribution in [0.4, 0.5) is 5.69 Å². The summed E-state index contributed by atoms with van der Waals surface area (Å²) in [7, 11) is 0. The van der Waals surface area contributed by atoms with Gasteiger partial charge in [0.1, 0.15) is 18.1 Å². The number of aromatic nitrogens is 2. The molecule has 1 aromatic heterocycles. The summed E-state index contributed by atoms with van der Waals surface area (Å²) in [5, 5.41) is 5.85. The summed E-state index contributed by atoms with van der Waals surface area (Å²) in [6, 6.07) is 3.69. The molecule has 0 radical (unpaired) electrons. The lowest BCUT2D eigenvalue weighted by molar-refractivity contribution is -0.139. The molecule has 1 fully saturated rings. The molecule has 0 saturated carbocycles. The SMILES string of the molecule is CC(=O)N1CSC(C)(C)[C@H]1C(=O)N[C@H]1CCc2cccc3c2N(C1=O)[C@H](C(=O)NCc1cnc[nH]1)C3. The van der Waals surface area contributed by atoms with Crippen LogP contribution in [0.5, 0.6) is 0 Å². The summed E-state index contributed by atoms with van der Waals surface area (Å²) in [5.74, 6) is -0.650. The molecular formula is C25H30N6O4S. The topological polar surface area (TPSA) is 128 Å². The quantitative estimate of drug-likeness (QED) is 0.553. The van der Waals surface area contributed by atoms with Gasteiger partial charge < -0.3 is 20.5 Å². The summed E-state index contributed by atoms with van der Waals surface area (Å²) in [5.41, 5.74) is 3.48. The van der Waals surface area contributed by atoms with Crippen molar-refractivity contribution in [3.63, 3.8) is 0 Å². The van der Waals surface area contributed by atoms with Crippen LogP contribution in [0.2, 0.25) is 0 Å². The lowest BCUT2D eigenvalue weighted by atomic mass is 9.99. The smallest absolute Gasteiger partial charge is 0.250 e. The highest BCUT2D eigenvalue weighted by Crippen LogP contribution is 2.41. The molecule has 0 bridgehead atoms. The number of imidazole rings is 1. The van der Waals surface area contributed by atoms with E-state index in [9.17, 15) is 19.2 Å². The van der Waals surface area contributed by atoms with Gasteiger partial charge in [-0.3, -0.25) is 24.1 Å². The van der Waals surface area contributed by atoms with E-state index in [2.05, 4.69) is 20.6 Å². The van der Waals surface area contributed by atoms with E-state index in [0.29, 0.717) is 25.1 Å². The second-order valence-electron chi connectivity index (χ2n) is 10.0. The third-order valence-corrected chi connectivity index (χ3v) is 8.61. The molecule has 190 valence electrons. The Bertz CT molecular complexity index is 1210. The molecule has 3 atom stereocenters. The molecule has 0 unspecified atom stereocenters. The number of nitrogens with zero attached hydrogens (tertiary/aromatic N) is 3. The fraction of sp³-hybridized carbons (Fsp3) is 0.480. The van der Waals surface area contributed by atoms with Crippen LogP contribution in [0.25, 0.3) is 0 Å². The van der Waals surface area contributed by atoms with Crippen molar-refractivity contribution in [3.8, 4) is 0 Å². The molecule has 4 heterocycles. The number of hydrogen-bond acceptors (Lipinski definition) is 6. The first-order valence-electron chi connectivity index (χ1n) is 12.1. The molecule has 11 heteroatoms. The number of aryl methyl sites for hydroxylation is 1. The number of para-hydroxylation sites is 1. The molecule has 0 aliphatic carbocycles. The lowest BCUT2D eigenvalue weighted by Gasteiger charge is -2.32. The van der Waals surface area contributed by atoms with Crippen LogP contribution in [0.1, 0.15) is 44.0 Å². The maximum Gasteiger partial charge on any atom is 0.250 e. The number of aromatic amines is 1. The van der Waals surface area contributed by atoms with Gasteiger partial charge in [-0.1, -0.05) is 18.2 Å². The highest BCUT2D eigenvalue weighted by Gasteiger charge is 2.49. The van der Waals surface area contributed by atoms with Gasteiger partial charge in [0.05, 0.1) is 30.1 Å². The molecule has 36 heavy (non-hydrogen) atoms. The Hall–Kier alpha value is -3.34. The zero-order valence-corrected chi connectivity index (χ0v) is 21.4. The van der Waals surface area contributed by atoms with Gasteiger partial charge in [0, 0.05) is 24.3 Å². The molecule has 4 amide bonds. The average Bonchev–Trinajstić information content (AvgIpc) is 3.54. The minimum Gasteiger partial charge on any atom is -0.349 e. The number of rotatable bonds is 5. The molecular weight excluding hydrogens is 480 g/mol. The fourth-order valence-electron chi connectivity index (χ4n) is 5.40. The molecule has 10 nitrogen and oxygen atoms in total. The van der Waals surface area contributed by atoms with E-state index in [1.165, 1.54) is 6.92 Å². The van der Waals surface area contributed by atoms with Crippen molar-refractivity contribution in [1.82, 2.24) is 25.5 Å². The number of H-pyrrole nitrogens is 1. The van der Waals surface area contributed by atoms with Gasteiger partial charge in [-0.25, -0.2) is 4.98 Å². The van der Waals surface area contributed by atoms with Crippen molar-refractivity contribution in [1.29, 1.82) is 0 Å². The Morgan fingerprint density at radius 1 is 1.22 bits per heavy atom. The Balaban J connectivity index is 1.39. The number of thioether (sulfide) groups is 1. The van der Waals surface area contributed by atoms with Gasteiger partial charge in [0.2, 0.25) is 23.6 Å². The van der Waals surface area contributed by atoms with Crippen molar-refractivity contribution in [2.24, 2.45) is 0 Å². The number of nitrogens with one attached hydrogen (secondary N) is 3. The molecule has 5 rings (SSSR count). The lowest BCUT2D eigenvalue weighted by Crippen LogP contribution is -2.59. The van der Waals surface area contributed by atoms with Crippen molar-refractivity contribution in [2.75, 3.05) is 10.8 Å².